The summed E-state index contributed by atoms with van der Waals surface area (Å²) < 4.78 is 33.6. The summed E-state index contributed by atoms with van der Waals surface area (Å²) in [7, 11) is -3.60. The third-order valence-corrected chi connectivity index (χ3v) is 5.41. The molecule has 0 saturated carbocycles. The molecule has 0 bridgehead atoms. The van der Waals surface area contributed by atoms with Crippen molar-refractivity contribution < 1.29 is 13.2 Å². The van der Waals surface area contributed by atoms with Gasteiger partial charge in [0, 0.05) is 29.7 Å². The van der Waals surface area contributed by atoms with Gasteiger partial charge in [-0.15, -0.1) is 0 Å². The lowest BCUT2D eigenvalue weighted by Gasteiger charge is -2.12. The minimum Gasteiger partial charge on any atom is -0.494 e. The molecule has 0 spiro atoms. The maximum atomic E-state index is 12.7. The predicted molar refractivity (Wildman–Crippen MR) is 98.2 cm³/mol. The van der Waals surface area contributed by atoms with E-state index in [0.29, 0.717) is 25.0 Å². The van der Waals surface area contributed by atoms with Gasteiger partial charge in [-0.3, -0.25) is 4.98 Å². The van der Waals surface area contributed by atoms with Gasteiger partial charge in [0.15, 0.2) is 0 Å². The molecule has 1 N–H and O–H groups in total. The summed E-state index contributed by atoms with van der Waals surface area (Å²) in [5.74, 6) is 0.792. The van der Waals surface area contributed by atoms with Gasteiger partial charge in [-0.2, -0.15) is 0 Å². The molecule has 130 valence electrons. The van der Waals surface area contributed by atoms with Gasteiger partial charge < -0.3 is 4.74 Å². The summed E-state index contributed by atoms with van der Waals surface area (Å²) in [6.07, 6.45) is 3.81. The molecule has 0 amide bonds. The molecule has 1 aromatic heterocycles. The fourth-order valence-corrected chi connectivity index (χ4v) is 3.99. The van der Waals surface area contributed by atoms with Crippen LogP contribution in [0.2, 0.25) is 0 Å². The first-order valence-corrected chi connectivity index (χ1v) is 9.63. The highest BCUT2D eigenvalue weighted by Gasteiger charge is 2.17. The van der Waals surface area contributed by atoms with Gasteiger partial charge in [0.1, 0.15) is 5.75 Å². The van der Waals surface area contributed by atoms with E-state index in [1.54, 1.807) is 30.6 Å². The number of hydrogen-bond acceptors (Lipinski definition) is 4. The van der Waals surface area contributed by atoms with E-state index in [0.717, 1.165) is 16.7 Å². The zero-order valence-corrected chi connectivity index (χ0v) is 14.8. The number of rotatable bonds is 7. The molecule has 0 aliphatic carbocycles. The smallest absolute Gasteiger partial charge is 0.241 e. The summed E-state index contributed by atoms with van der Waals surface area (Å²) in [6.45, 7) is 2.80. The molecule has 1 heterocycles. The van der Waals surface area contributed by atoms with E-state index >= 15 is 0 Å². The van der Waals surface area contributed by atoms with Gasteiger partial charge in [-0.25, -0.2) is 13.1 Å². The molecule has 6 heteroatoms. The molecule has 3 rings (SSSR count). The van der Waals surface area contributed by atoms with Crippen molar-refractivity contribution in [2.24, 2.45) is 0 Å². The van der Waals surface area contributed by atoms with Crippen molar-refractivity contribution in [1.29, 1.82) is 0 Å². The average Bonchev–Trinajstić information content (AvgIpc) is 2.63. The van der Waals surface area contributed by atoms with Gasteiger partial charge in [0.05, 0.1) is 11.5 Å². The summed E-state index contributed by atoms with van der Waals surface area (Å²) in [4.78, 5) is 4.30. The first kappa shape index (κ1) is 17.4. The summed E-state index contributed by atoms with van der Waals surface area (Å²) in [5, 5.41) is 1.46. The van der Waals surface area contributed by atoms with Crippen LogP contribution < -0.4 is 9.46 Å². The minimum absolute atomic E-state index is 0.269. The largest absolute Gasteiger partial charge is 0.494 e. The normalized spacial score (nSPS) is 11.6. The lowest BCUT2D eigenvalue weighted by molar-refractivity contribution is 0.336. The number of nitrogens with one attached hydrogen (secondary N) is 1. The van der Waals surface area contributed by atoms with Crippen LogP contribution in [0, 0.1) is 0 Å². The zero-order valence-electron chi connectivity index (χ0n) is 14.0. The second-order valence-electron chi connectivity index (χ2n) is 5.54. The fraction of sp³-hybridized carbons (Fsp3) is 0.211. The molecule has 0 aliphatic heterocycles. The SMILES string of the molecule is CCOc1ccccc1CCNS(=O)(=O)c1cccc2cnccc12. The highest BCUT2D eigenvalue weighted by atomic mass is 32.2. The van der Waals surface area contributed by atoms with Crippen molar-refractivity contribution in [3.05, 3.63) is 66.5 Å². The topological polar surface area (TPSA) is 68.3 Å². The van der Waals surface area contributed by atoms with Crippen molar-refractivity contribution in [3.63, 3.8) is 0 Å². The molecule has 2 aromatic carbocycles. The highest BCUT2D eigenvalue weighted by molar-refractivity contribution is 7.89. The Morgan fingerprint density at radius 1 is 1.08 bits per heavy atom. The zero-order chi connectivity index (χ0) is 17.7. The molecule has 0 fully saturated rings. The summed E-state index contributed by atoms with van der Waals surface area (Å²) >= 11 is 0. The summed E-state index contributed by atoms with van der Waals surface area (Å²) in [5.41, 5.74) is 0.981. The molecule has 0 atom stereocenters. The number of hydrogen-bond donors (Lipinski definition) is 1. The van der Waals surface area contributed by atoms with Crippen molar-refractivity contribution in [2.75, 3.05) is 13.2 Å². The van der Waals surface area contributed by atoms with Crippen LogP contribution in [0.3, 0.4) is 0 Å². The van der Waals surface area contributed by atoms with E-state index < -0.39 is 10.0 Å². The van der Waals surface area contributed by atoms with Crippen LogP contribution in [0.15, 0.2) is 65.8 Å². The third-order valence-electron chi connectivity index (χ3n) is 3.89. The Labute approximate surface area is 147 Å². The third kappa shape index (κ3) is 3.97. The molecule has 5 nitrogen and oxygen atoms in total. The van der Waals surface area contributed by atoms with Gasteiger partial charge >= 0.3 is 0 Å². The second-order valence-corrected chi connectivity index (χ2v) is 7.28. The van der Waals surface area contributed by atoms with Crippen LogP contribution in [0.4, 0.5) is 0 Å². The number of sulfonamides is 1. The number of pyridine rings is 1. The fourth-order valence-electron chi connectivity index (χ4n) is 2.73. The Hall–Kier alpha value is -2.44. The maximum Gasteiger partial charge on any atom is 0.241 e. The molecule has 0 saturated heterocycles. The second kappa shape index (κ2) is 7.63. The number of aromatic nitrogens is 1. The van der Waals surface area contributed by atoms with E-state index in [1.165, 1.54) is 0 Å². The monoisotopic (exact) mass is 356 g/mol. The first-order valence-electron chi connectivity index (χ1n) is 8.15. The summed E-state index contributed by atoms with van der Waals surface area (Å²) in [6, 6.07) is 14.6. The molecule has 0 radical (unpaired) electrons. The maximum absolute atomic E-state index is 12.7. The van der Waals surface area contributed by atoms with E-state index in [-0.39, 0.29) is 4.90 Å². The molecular formula is C19H20N2O3S. The van der Waals surface area contributed by atoms with Crippen molar-refractivity contribution in [2.45, 2.75) is 18.2 Å². The highest BCUT2D eigenvalue weighted by Crippen LogP contribution is 2.22. The van der Waals surface area contributed by atoms with Crippen LogP contribution in [0.1, 0.15) is 12.5 Å². The van der Waals surface area contributed by atoms with Gasteiger partial charge in [-0.05, 0) is 37.1 Å². The minimum atomic E-state index is -3.60. The van der Waals surface area contributed by atoms with Crippen LogP contribution in [0.5, 0.6) is 5.75 Å². The van der Waals surface area contributed by atoms with Crippen molar-refractivity contribution in [3.8, 4) is 5.75 Å². The Kier molecular flexibility index (Phi) is 5.31. The van der Waals surface area contributed by atoms with Crippen molar-refractivity contribution in [1.82, 2.24) is 9.71 Å². The lowest BCUT2D eigenvalue weighted by atomic mass is 10.1. The Balaban J connectivity index is 1.76. The van der Waals surface area contributed by atoms with E-state index in [2.05, 4.69) is 9.71 Å². The Bertz CT molecular complexity index is 966. The van der Waals surface area contributed by atoms with Crippen LogP contribution in [-0.2, 0) is 16.4 Å². The molecular weight excluding hydrogens is 336 g/mol. The standard InChI is InChI=1S/C19H20N2O3S/c1-2-24-18-8-4-3-6-15(18)10-13-21-25(22,23)19-9-5-7-16-14-20-12-11-17(16)19/h3-9,11-12,14,21H,2,10,13H2,1H3. The predicted octanol–water partition coefficient (Wildman–Crippen LogP) is 3.15. The lowest BCUT2D eigenvalue weighted by Crippen LogP contribution is -2.26. The van der Waals surface area contributed by atoms with E-state index in [9.17, 15) is 8.42 Å². The quantitative estimate of drug-likeness (QED) is 0.706. The molecule has 25 heavy (non-hydrogen) atoms. The number of fused-ring (bicyclic) bond motifs is 1. The van der Waals surface area contributed by atoms with Crippen LogP contribution >= 0.6 is 0 Å². The number of ether oxygens (including phenoxy) is 1. The average molecular weight is 356 g/mol. The number of para-hydroxylation sites is 1. The Morgan fingerprint density at radius 2 is 1.92 bits per heavy atom. The molecule has 0 unspecified atom stereocenters. The first-order chi connectivity index (χ1) is 12.1. The number of nitrogens with zero attached hydrogens (tertiary/aromatic N) is 1. The Morgan fingerprint density at radius 3 is 2.76 bits per heavy atom. The number of benzene rings is 2. The van der Waals surface area contributed by atoms with Crippen LogP contribution in [-0.4, -0.2) is 26.6 Å². The van der Waals surface area contributed by atoms with Gasteiger partial charge in [0.2, 0.25) is 10.0 Å². The van der Waals surface area contributed by atoms with Gasteiger partial charge in [-0.1, -0.05) is 30.3 Å². The molecule has 3 aromatic rings. The van der Waals surface area contributed by atoms with E-state index in [1.807, 2.05) is 37.3 Å². The van der Waals surface area contributed by atoms with Crippen LogP contribution in [0.25, 0.3) is 10.8 Å². The van der Waals surface area contributed by atoms with E-state index in [4.69, 9.17) is 4.74 Å². The molecule has 0 aliphatic rings. The van der Waals surface area contributed by atoms with Crippen molar-refractivity contribution >= 4 is 20.8 Å². The van der Waals surface area contributed by atoms with Gasteiger partial charge in [0.25, 0.3) is 0 Å².